The first-order valence-electron chi connectivity index (χ1n) is 8.33. The number of aromatic nitrogens is 2. The molecule has 7 heteroatoms. The van der Waals surface area contributed by atoms with Crippen LogP contribution in [0.5, 0.6) is 0 Å². The number of nitrogens with two attached hydrogens (primary N) is 1. The van der Waals surface area contributed by atoms with Gasteiger partial charge in [-0.1, -0.05) is 0 Å². The number of nitrogens with zero attached hydrogens (tertiary/aromatic N) is 3. The molecule has 0 atom stereocenters. The van der Waals surface area contributed by atoms with Crippen LogP contribution in [0.2, 0.25) is 0 Å². The molecule has 0 saturated carbocycles. The minimum Gasteiger partial charge on any atom is -0.477 e. The van der Waals surface area contributed by atoms with Crippen molar-refractivity contribution >= 4 is 23.0 Å². The Hall–Kier alpha value is -2.77. The SMILES string of the molecule is Nc1ccc(-c2ncc3c(n2)CCN(Cc2ccc(C(=O)O)s2)C3)cc1. The molecule has 0 radical (unpaired) electrons. The van der Waals surface area contributed by atoms with Gasteiger partial charge in [-0.15, -0.1) is 11.3 Å². The van der Waals surface area contributed by atoms with Crippen LogP contribution in [-0.4, -0.2) is 32.5 Å². The summed E-state index contributed by atoms with van der Waals surface area (Å²) in [5, 5.41) is 9.04. The normalized spacial score (nSPS) is 14.2. The first-order valence-corrected chi connectivity index (χ1v) is 9.15. The zero-order valence-corrected chi connectivity index (χ0v) is 14.9. The van der Waals surface area contributed by atoms with Gasteiger partial charge < -0.3 is 10.8 Å². The largest absolute Gasteiger partial charge is 0.477 e. The van der Waals surface area contributed by atoms with E-state index >= 15 is 0 Å². The second kappa shape index (κ2) is 6.86. The smallest absolute Gasteiger partial charge is 0.345 e. The first-order chi connectivity index (χ1) is 12.6. The zero-order chi connectivity index (χ0) is 18.1. The molecule has 1 aliphatic heterocycles. The van der Waals surface area contributed by atoms with Crippen molar-refractivity contribution in [2.75, 3.05) is 12.3 Å². The Kier molecular flexibility index (Phi) is 4.40. The van der Waals surface area contributed by atoms with Crippen molar-refractivity contribution in [3.63, 3.8) is 0 Å². The molecular weight excluding hydrogens is 348 g/mol. The number of thiophene rings is 1. The summed E-state index contributed by atoms with van der Waals surface area (Å²) in [5.74, 6) is -0.143. The number of anilines is 1. The van der Waals surface area contributed by atoms with Crippen LogP contribution < -0.4 is 5.73 Å². The van der Waals surface area contributed by atoms with Crippen LogP contribution in [0, 0.1) is 0 Å². The quantitative estimate of drug-likeness (QED) is 0.690. The predicted molar refractivity (Wildman–Crippen MR) is 101 cm³/mol. The Balaban J connectivity index is 1.48. The van der Waals surface area contributed by atoms with E-state index in [2.05, 4.69) is 9.88 Å². The van der Waals surface area contributed by atoms with E-state index in [0.29, 0.717) is 4.88 Å². The van der Waals surface area contributed by atoms with Gasteiger partial charge in [0, 0.05) is 53.9 Å². The van der Waals surface area contributed by atoms with Crippen LogP contribution in [0.25, 0.3) is 11.4 Å². The molecule has 0 amide bonds. The lowest BCUT2D eigenvalue weighted by Gasteiger charge is -2.27. The Morgan fingerprint density at radius 3 is 2.77 bits per heavy atom. The van der Waals surface area contributed by atoms with Gasteiger partial charge in [0.25, 0.3) is 0 Å². The maximum atomic E-state index is 11.0. The highest BCUT2D eigenvalue weighted by Crippen LogP contribution is 2.24. The van der Waals surface area contributed by atoms with Gasteiger partial charge in [-0.05, 0) is 36.4 Å². The fraction of sp³-hybridized carbons (Fsp3) is 0.211. The maximum absolute atomic E-state index is 11.0. The molecule has 0 bridgehead atoms. The molecule has 4 rings (SSSR count). The third kappa shape index (κ3) is 3.44. The number of hydrogen-bond donors (Lipinski definition) is 2. The van der Waals surface area contributed by atoms with E-state index in [-0.39, 0.29) is 0 Å². The van der Waals surface area contributed by atoms with Gasteiger partial charge in [0.15, 0.2) is 5.82 Å². The Bertz CT molecular complexity index is 952. The molecule has 0 saturated heterocycles. The van der Waals surface area contributed by atoms with E-state index in [1.165, 1.54) is 11.3 Å². The summed E-state index contributed by atoms with van der Waals surface area (Å²) in [4.78, 5) is 24.0. The molecule has 2 aromatic heterocycles. The summed E-state index contributed by atoms with van der Waals surface area (Å²) in [6.45, 7) is 2.42. The highest BCUT2D eigenvalue weighted by atomic mass is 32.1. The molecule has 0 unspecified atom stereocenters. The molecule has 3 N–H and O–H groups in total. The predicted octanol–water partition coefficient (Wildman–Crippen LogP) is 3.04. The van der Waals surface area contributed by atoms with E-state index in [4.69, 9.17) is 15.8 Å². The van der Waals surface area contributed by atoms with Crippen molar-refractivity contribution in [3.05, 3.63) is 63.6 Å². The summed E-state index contributed by atoms with van der Waals surface area (Å²) in [6.07, 6.45) is 2.76. The van der Waals surface area contributed by atoms with Crippen LogP contribution in [0.4, 0.5) is 5.69 Å². The highest BCUT2D eigenvalue weighted by molar-refractivity contribution is 7.13. The number of hydrogen-bond acceptors (Lipinski definition) is 6. The lowest BCUT2D eigenvalue weighted by molar-refractivity contribution is 0.0702. The maximum Gasteiger partial charge on any atom is 0.345 e. The standard InChI is InChI=1S/C19H18N4O2S/c20-14-3-1-12(2-4-14)18-21-9-13-10-23(8-7-16(13)22-18)11-15-5-6-17(26-15)19(24)25/h1-6,9H,7-8,10-11,20H2,(H,24,25). The molecule has 3 heterocycles. The van der Waals surface area contributed by atoms with Crippen molar-refractivity contribution in [2.24, 2.45) is 0 Å². The molecule has 26 heavy (non-hydrogen) atoms. The van der Waals surface area contributed by atoms with Crippen molar-refractivity contribution < 1.29 is 9.90 Å². The Morgan fingerprint density at radius 2 is 2.04 bits per heavy atom. The molecule has 1 aliphatic rings. The van der Waals surface area contributed by atoms with Gasteiger partial charge in [0.05, 0.1) is 5.69 Å². The summed E-state index contributed by atoms with van der Waals surface area (Å²) < 4.78 is 0. The fourth-order valence-electron chi connectivity index (χ4n) is 3.08. The van der Waals surface area contributed by atoms with Gasteiger partial charge in [-0.3, -0.25) is 4.90 Å². The van der Waals surface area contributed by atoms with Crippen LogP contribution in [0.3, 0.4) is 0 Å². The van der Waals surface area contributed by atoms with Crippen LogP contribution in [0.15, 0.2) is 42.6 Å². The molecule has 0 spiro atoms. The second-order valence-electron chi connectivity index (χ2n) is 6.32. The van der Waals surface area contributed by atoms with Gasteiger partial charge in [-0.25, -0.2) is 14.8 Å². The Morgan fingerprint density at radius 1 is 1.23 bits per heavy atom. The number of carbonyl (C=O) groups is 1. The second-order valence-corrected chi connectivity index (χ2v) is 7.49. The van der Waals surface area contributed by atoms with Crippen molar-refractivity contribution in [1.29, 1.82) is 0 Å². The number of carboxylic acid groups (broad SMARTS) is 1. The lowest BCUT2D eigenvalue weighted by Crippen LogP contribution is -2.30. The van der Waals surface area contributed by atoms with E-state index in [1.807, 2.05) is 36.5 Å². The summed E-state index contributed by atoms with van der Waals surface area (Å²) >= 11 is 1.33. The van der Waals surface area contributed by atoms with Crippen LogP contribution >= 0.6 is 11.3 Å². The summed E-state index contributed by atoms with van der Waals surface area (Å²) in [7, 11) is 0. The molecule has 132 valence electrons. The third-order valence-electron chi connectivity index (χ3n) is 4.43. The number of carboxylic acids is 1. The van der Waals surface area contributed by atoms with E-state index < -0.39 is 5.97 Å². The van der Waals surface area contributed by atoms with E-state index in [1.54, 1.807) is 6.07 Å². The van der Waals surface area contributed by atoms with Gasteiger partial charge in [-0.2, -0.15) is 0 Å². The molecule has 1 aromatic carbocycles. The lowest BCUT2D eigenvalue weighted by atomic mass is 10.1. The molecule has 3 aromatic rings. The highest BCUT2D eigenvalue weighted by Gasteiger charge is 2.20. The summed E-state index contributed by atoms with van der Waals surface area (Å²) in [6, 6.07) is 11.1. The number of nitrogen functional groups attached to an aromatic ring is 1. The minimum atomic E-state index is -0.867. The molecular formula is C19H18N4O2S. The number of benzene rings is 1. The van der Waals surface area contributed by atoms with Crippen LogP contribution in [0.1, 0.15) is 25.8 Å². The van der Waals surface area contributed by atoms with Crippen LogP contribution in [-0.2, 0) is 19.5 Å². The Labute approximate surface area is 154 Å². The monoisotopic (exact) mass is 366 g/mol. The number of rotatable bonds is 4. The summed E-state index contributed by atoms with van der Waals surface area (Å²) in [5.41, 5.74) is 9.63. The minimum absolute atomic E-state index is 0.383. The van der Waals surface area contributed by atoms with Crippen molar-refractivity contribution in [2.45, 2.75) is 19.5 Å². The van der Waals surface area contributed by atoms with Crippen molar-refractivity contribution in [3.8, 4) is 11.4 Å². The average molecular weight is 366 g/mol. The number of aromatic carboxylic acids is 1. The molecule has 6 nitrogen and oxygen atoms in total. The average Bonchev–Trinajstić information content (AvgIpc) is 3.11. The fourth-order valence-corrected chi connectivity index (χ4v) is 3.97. The first kappa shape index (κ1) is 16.7. The van der Waals surface area contributed by atoms with Crippen molar-refractivity contribution in [1.82, 2.24) is 14.9 Å². The van der Waals surface area contributed by atoms with Gasteiger partial charge >= 0.3 is 5.97 Å². The molecule has 0 aliphatic carbocycles. The van der Waals surface area contributed by atoms with E-state index in [9.17, 15) is 4.79 Å². The third-order valence-corrected chi connectivity index (χ3v) is 5.49. The van der Waals surface area contributed by atoms with Gasteiger partial charge in [0.1, 0.15) is 4.88 Å². The molecule has 0 fully saturated rings. The van der Waals surface area contributed by atoms with Gasteiger partial charge in [0.2, 0.25) is 0 Å². The number of fused-ring (bicyclic) bond motifs is 1. The zero-order valence-electron chi connectivity index (χ0n) is 14.1. The van der Waals surface area contributed by atoms with E-state index in [0.717, 1.165) is 59.3 Å². The topological polar surface area (TPSA) is 92.3 Å².